The van der Waals surface area contributed by atoms with Crippen molar-refractivity contribution in [1.82, 2.24) is 9.97 Å². The van der Waals surface area contributed by atoms with Gasteiger partial charge in [0.2, 0.25) is 0 Å². The molecule has 11 heavy (non-hydrogen) atoms. The van der Waals surface area contributed by atoms with Gasteiger partial charge in [-0.05, 0) is 15.9 Å². The van der Waals surface area contributed by atoms with Crippen LogP contribution in [0.1, 0.15) is 11.7 Å². The Bertz CT molecular complexity index is 276. The predicted molar refractivity (Wildman–Crippen MR) is 42.3 cm³/mol. The van der Waals surface area contributed by atoms with E-state index in [1.807, 2.05) is 6.07 Å². The van der Waals surface area contributed by atoms with Gasteiger partial charge in [0.05, 0.1) is 24.2 Å². The maximum Gasteiger partial charge on any atom is 0.137 e. The number of halogens is 1. The Labute approximate surface area is 72.2 Å². The third-order valence-corrected chi connectivity index (χ3v) is 1.51. The lowest BCUT2D eigenvalue weighted by Crippen LogP contribution is -2.09. The number of nitrogens with two attached hydrogens (primary N) is 1. The van der Waals surface area contributed by atoms with Gasteiger partial charge in [-0.1, -0.05) is 0 Å². The minimum absolute atomic E-state index is 0.482. The van der Waals surface area contributed by atoms with Gasteiger partial charge in [-0.15, -0.1) is 0 Å². The molecule has 1 unspecified atom stereocenters. The molecular formula is C6H5BrN4. The summed E-state index contributed by atoms with van der Waals surface area (Å²) in [5.74, 6) is 0. The summed E-state index contributed by atoms with van der Waals surface area (Å²) < 4.78 is 0.631. The van der Waals surface area contributed by atoms with Crippen LogP contribution in [-0.2, 0) is 0 Å². The smallest absolute Gasteiger partial charge is 0.137 e. The summed E-state index contributed by atoms with van der Waals surface area (Å²) >= 11 is 3.12. The average molecular weight is 213 g/mol. The number of nitriles is 1. The lowest BCUT2D eigenvalue weighted by atomic mass is 10.3. The molecule has 0 bridgehead atoms. The molecule has 0 aliphatic rings. The van der Waals surface area contributed by atoms with Gasteiger partial charge in [0, 0.05) is 0 Å². The monoisotopic (exact) mass is 212 g/mol. The van der Waals surface area contributed by atoms with Crippen LogP contribution in [0.25, 0.3) is 0 Å². The summed E-state index contributed by atoms with van der Waals surface area (Å²) in [6, 6.07) is 1.18. The first kappa shape index (κ1) is 8.11. The molecule has 0 aliphatic heterocycles. The predicted octanol–water partition coefficient (Wildman–Crippen LogP) is 0.762. The lowest BCUT2D eigenvalue weighted by Gasteiger charge is -1.99. The molecule has 1 atom stereocenters. The first-order valence-corrected chi connectivity index (χ1v) is 3.66. The molecule has 56 valence electrons. The highest BCUT2D eigenvalue weighted by Gasteiger charge is 2.04. The second-order valence-corrected chi connectivity index (χ2v) is 2.68. The van der Waals surface area contributed by atoms with E-state index in [0.717, 1.165) is 0 Å². The van der Waals surface area contributed by atoms with Crippen LogP contribution in [-0.4, -0.2) is 9.97 Å². The molecule has 0 spiro atoms. The van der Waals surface area contributed by atoms with Gasteiger partial charge in [0.15, 0.2) is 0 Å². The third-order valence-electron chi connectivity index (χ3n) is 1.10. The van der Waals surface area contributed by atoms with E-state index in [1.54, 1.807) is 0 Å². The van der Waals surface area contributed by atoms with Crippen molar-refractivity contribution in [3.05, 3.63) is 22.7 Å². The standard InChI is InChI=1S/C6H5BrN4/c7-6-3-10-5(2-11-6)4(9)1-8/h2-4H,9H2. The van der Waals surface area contributed by atoms with Gasteiger partial charge in [0.25, 0.3) is 0 Å². The molecule has 0 amide bonds. The van der Waals surface area contributed by atoms with Crippen LogP contribution >= 0.6 is 15.9 Å². The molecule has 0 saturated heterocycles. The Hall–Kier alpha value is -0.990. The van der Waals surface area contributed by atoms with Crippen LogP contribution in [0.2, 0.25) is 0 Å². The van der Waals surface area contributed by atoms with Crippen molar-refractivity contribution in [2.24, 2.45) is 5.73 Å². The van der Waals surface area contributed by atoms with Crippen LogP contribution in [0.3, 0.4) is 0 Å². The van der Waals surface area contributed by atoms with Crippen molar-refractivity contribution in [1.29, 1.82) is 5.26 Å². The summed E-state index contributed by atoms with van der Waals surface area (Å²) in [7, 11) is 0. The molecule has 0 saturated carbocycles. The van der Waals surface area contributed by atoms with E-state index in [4.69, 9.17) is 11.0 Å². The Kier molecular flexibility index (Phi) is 2.52. The number of hydrogen-bond donors (Lipinski definition) is 1. The maximum absolute atomic E-state index is 8.40. The van der Waals surface area contributed by atoms with Gasteiger partial charge in [0.1, 0.15) is 10.6 Å². The van der Waals surface area contributed by atoms with Gasteiger partial charge >= 0.3 is 0 Å². The lowest BCUT2D eigenvalue weighted by molar-refractivity contribution is 0.857. The van der Waals surface area contributed by atoms with E-state index >= 15 is 0 Å². The van der Waals surface area contributed by atoms with E-state index in [-0.39, 0.29) is 0 Å². The molecular weight excluding hydrogens is 208 g/mol. The molecule has 2 N–H and O–H groups in total. The molecule has 0 aliphatic carbocycles. The Morgan fingerprint density at radius 2 is 2.27 bits per heavy atom. The number of aromatic nitrogens is 2. The van der Waals surface area contributed by atoms with Crippen molar-refractivity contribution in [2.45, 2.75) is 6.04 Å². The molecule has 4 nitrogen and oxygen atoms in total. The number of hydrogen-bond acceptors (Lipinski definition) is 4. The average Bonchev–Trinajstić information content (AvgIpc) is 2.05. The summed E-state index contributed by atoms with van der Waals surface area (Å²) in [4.78, 5) is 7.76. The summed E-state index contributed by atoms with van der Waals surface area (Å²) in [6.07, 6.45) is 2.98. The van der Waals surface area contributed by atoms with Gasteiger partial charge < -0.3 is 5.73 Å². The van der Waals surface area contributed by atoms with Crippen molar-refractivity contribution in [3.8, 4) is 6.07 Å². The van der Waals surface area contributed by atoms with Crippen LogP contribution < -0.4 is 5.73 Å². The van der Waals surface area contributed by atoms with E-state index in [2.05, 4.69) is 25.9 Å². The van der Waals surface area contributed by atoms with Crippen LogP contribution in [0.15, 0.2) is 17.0 Å². The molecule has 1 aromatic rings. The number of rotatable bonds is 1. The fraction of sp³-hybridized carbons (Fsp3) is 0.167. The molecule has 1 heterocycles. The fourth-order valence-corrected chi connectivity index (χ4v) is 0.754. The Morgan fingerprint density at radius 1 is 1.55 bits per heavy atom. The topological polar surface area (TPSA) is 75.6 Å². The van der Waals surface area contributed by atoms with Crippen molar-refractivity contribution in [2.75, 3.05) is 0 Å². The second-order valence-electron chi connectivity index (χ2n) is 1.87. The van der Waals surface area contributed by atoms with Crippen LogP contribution in [0.5, 0.6) is 0 Å². The Balaban J connectivity index is 2.92. The molecule has 0 radical (unpaired) electrons. The van der Waals surface area contributed by atoms with Gasteiger partial charge in [-0.3, -0.25) is 4.98 Å². The highest BCUT2D eigenvalue weighted by molar-refractivity contribution is 9.10. The van der Waals surface area contributed by atoms with E-state index in [0.29, 0.717) is 10.3 Å². The molecule has 0 aromatic carbocycles. The highest BCUT2D eigenvalue weighted by Crippen LogP contribution is 2.07. The first-order chi connectivity index (χ1) is 5.24. The second kappa shape index (κ2) is 3.42. The minimum atomic E-state index is -0.685. The van der Waals surface area contributed by atoms with Crippen molar-refractivity contribution < 1.29 is 0 Å². The Morgan fingerprint density at radius 3 is 2.73 bits per heavy atom. The zero-order chi connectivity index (χ0) is 8.27. The third kappa shape index (κ3) is 1.97. The zero-order valence-corrected chi connectivity index (χ0v) is 7.12. The highest BCUT2D eigenvalue weighted by atomic mass is 79.9. The first-order valence-electron chi connectivity index (χ1n) is 2.86. The van der Waals surface area contributed by atoms with Crippen molar-refractivity contribution >= 4 is 15.9 Å². The molecule has 5 heteroatoms. The number of nitrogens with zero attached hydrogens (tertiary/aromatic N) is 3. The largest absolute Gasteiger partial charge is 0.311 e. The minimum Gasteiger partial charge on any atom is -0.311 e. The summed E-state index contributed by atoms with van der Waals surface area (Å²) in [6.45, 7) is 0. The van der Waals surface area contributed by atoms with Gasteiger partial charge in [-0.25, -0.2) is 4.98 Å². The van der Waals surface area contributed by atoms with E-state index < -0.39 is 6.04 Å². The SMILES string of the molecule is N#CC(N)c1cnc(Br)cn1. The normalized spacial score (nSPS) is 12.1. The van der Waals surface area contributed by atoms with Crippen LogP contribution in [0, 0.1) is 11.3 Å². The molecule has 1 aromatic heterocycles. The van der Waals surface area contributed by atoms with Crippen molar-refractivity contribution in [3.63, 3.8) is 0 Å². The summed E-state index contributed by atoms with van der Waals surface area (Å²) in [5, 5.41) is 8.40. The quantitative estimate of drug-likeness (QED) is 0.747. The van der Waals surface area contributed by atoms with E-state index in [9.17, 15) is 0 Å². The van der Waals surface area contributed by atoms with Gasteiger partial charge in [-0.2, -0.15) is 5.26 Å². The summed E-state index contributed by atoms with van der Waals surface area (Å²) in [5.41, 5.74) is 5.85. The molecule has 0 fully saturated rings. The van der Waals surface area contributed by atoms with E-state index in [1.165, 1.54) is 12.4 Å². The fourth-order valence-electron chi connectivity index (χ4n) is 0.549. The van der Waals surface area contributed by atoms with Crippen LogP contribution in [0.4, 0.5) is 0 Å². The maximum atomic E-state index is 8.40. The zero-order valence-electron chi connectivity index (χ0n) is 5.53. The molecule has 1 rings (SSSR count).